The minimum atomic E-state index is -4.25. The summed E-state index contributed by atoms with van der Waals surface area (Å²) in [5.41, 5.74) is -0.00356. The lowest BCUT2D eigenvalue weighted by atomic mass is 10.1. The number of benzene rings is 2. The van der Waals surface area contributed by atoms with Crippen LogP contribution in [0.5, 0.6) is 0 Å². The first-order valence-electron chi connectivity index (χ1n) is 13.3. The van der Waals surface area contributed by atoms with E-state index in [2.05, 4.69) is 10.6 Å². The molecule has 2 aromatic rings. The van der Waals surface area contributed by atoms with Crippen LogP contribution in [0.4, 0.5) is 33.3 Å². The van der Waals surface area contributed by atoms with Gasteiger partial charge in [0.2, 0.25) is 5.91 Å². The Hall–Kier alpha value is -2.96. The average molecular weight is 605 g/mol. The minimum Gasteiger partial charge on any atom is -0.383 e. The number of aliphatic hydroxyl groups is 1. The van der Waals surface area contributed by atoms with Gasteiger partial charge in [0.05, 0.1) is 23.4 Å². The van der Waals surface area contributed by atoms with E-state index in [4.69, 9.17) is 11.6 Å². The molecule has 3 rings (SSSR count). The van der Waals surface area contributed by atoms with E-state index in [0.29, 0.717) is 30.3 Å². The fourth-order valence-corrected chi connectivity index (χ4v) is 4.84. The van der Waals surface area contributed by atoms with Crippen molar-refractivity contribution in [1.29, 1.82) is 0 Å². The Balaban J connectivity index is 1.72. The third-order valence-corrected chi connectivity index (χ3v) is 7.03. The standard InChI is InChI=1S/C28H34ClF5N4O3/c1-16(2)12-23(39)27(41)35-14-18-4-6-20(25(31)24(18)30)26(40)36-21-7-5-19(29)13-22(21)38-11-10-37(15-17(38)3)9-8-28(32,33)34/h4-7,13,16-17,23,39H,8-12,14-15H2,1-3H3,(H,35,41)(H,36,40)/t17-,23-/m1/s1. The Morgan fingerprint density at radius 1 is 1.12 bits per heavy atom. The van der Waals surface area contributed by atoms with Crippen molar-refractivity contribution in [3.63, 3.8) is 0 Å². The molecule has 2 atom stereocenters. The molecule has 2 amide bonds. The predicted molar refractivity (Wildman–Crippen MR) is 147 cm³/mol. The third kappa shape index (κ3) is 9.01. The molecule has 7 nitrogen and oxygen atoms in total. The number of amides is 2. The summed E-state index contributed by atoms with van der Waals surface area (Å²) in [7, 11) is 0. The Kier molecular flexibility index (Phi) is 11.0. The summed E-state index contributed by atoms with van der Waals surface area (Å²) in [6.45, 7) is 6.04. The molecule has 1 fully saturated rings. The number of carbonyl (C=O) groups is 2. The van der Waals surface area contributed by atoms with Crippen LogP contribution in [0.2, 0.25) is 5.02 Å². The summed E-state index contributed by atoms with van der Waals surface area (Å²) in [6, 6.07) is 6.66. The number of anilines is 2. The lowest BCUT2D eigenvalue weighted by Gasteiger charge is -2.42. The van der Waals surface area contributed by atoms with Gasteiger partial charge in [0, 0.05) is 49.4 Å². The van der Waals surface area contributed by atoms with E-state index in [9.17, 15) is 36.6 Å². The highest BCUT2D eigenvalue weighted by molar-refractivity contribution is 6.31. The van der Waals surface area contributed by atoms with Crippen LogP contribution in [-0.4, -0.2) is 66.3 Å². The summed E-state index contributed by atoms with van der Waals surface area (Å²) in [6.07, 6.45) is -6.24. The van der Waals surface area contributed by atoms with Crippen molar-refractivity contribution >= 4 is 34.8 Å². The molecule has 41 heavy (non-hydrogen) atoms. The van der Waals surface area contributed by atoms with Crippen molar-refractivity contribution in [3.05, 3.63) is 58.1 Å². The highest BCUT2D eigenvalue weighted by atomic mass is 35.5. The number of halogens is 6. The second-order valence-electron chi connectivity index (χ2n) is 10.6. The molecule has 0 aromatic heterocycles. The average Bonchev–Trinajstić information content (AvgIpc) is 2.88. The second-order valence-corrected chi connectivity index (χ2v) is 11.0. The van der Waals surface area contributed by atoms with Gasteiger partial charge >= 0.3 is 6.18 Å². The lowest BCUT2D eigenvalue weighted by Crippen LogP contribution is -2.52. The van der Waals surface area contributed by atoms with Crippen molar-refractivity contribution in [2.75, 3.05) is 36.4 Å². The van der Waals surface area contributed by atoms with Gasteiger partial charge in [-0.2, -0.15) is 13.2 Å². The van der Waals surface area contributed by atoms with Crippen LogP contribution in [0.25, 0.3) is 0 Å². The molecule has 13 heteroatoms. The van der Waals surface area contributed by atoms with Crippen molar-refractivity contribution in [2.24, 2.45) is 5.92 Å². The Morgan fingerprint density at radius 2 is 1.83 bits per heavy atom. The first-order valence-corrected chi connectivity index (χ1v) is 13.6. The summed E-state index contributed by atoms with van der Waals surface area (Å²) in [5, 5.41) is 15.2. The van der Waals surface area contributed by atoms with Crippen LogP contribution in [0.1, 0.15) is 49.5 Å². The van der Waals surface area contributed by atoms with Gasteiger partial charge < -0.3 is 20.6 Å². The van der Waals surface area contributed by atoms with Gasteiger partial charge in [0.1, 0.15) is 6.10 Å². The van der Waals surface area contributed by atoms with Crippen LogP contribution >= 0.6 is 11.6 Å². The molecular formula is C28H34ClF5N4O3. The van der Waals surface area contributed by atoms with E-state index in [-0.39, 0.29) is 42.7 Å². The van der Waals surface area contributed by atoms with Gasteiger partial charge in [0.15, 0.2) is 11.6 Å². The SMILES string of the molecule is CC(C)C[C@@H](O)C(=O)NCc1ccc(C(=O)Nc2ccc(Cl)cc2N2CCN(CCC(F)(F)F)C[C@H]2C)c(F)c1F. The van der Waals surface area contributed by atoms with Crippen LogP contribution in [0.3, 0.4) is 0 Å². The largest absolute Gasteiger partial charge is 0.390 e. The number of alkyl halides is 3. The van der Waals surface area contributed by atoms with E-state index in [1.165, 1.54) is 18.2 Å². The maximum atomic E-state index is 14.9. The van der Waals surface area contributed by atoms with Gasteiger partial charge in [-0.05, 0) is 43.5 Å². The highest BCUT2D eigenvalue weighted by Gasteiger charge is 2.31. The van der Waals surface area contributed by atoms with Gasteiger partial charge in [0.25, 0.3) is 5.91 Å². The van der Waals surface area contributed by atoms with Crippen molar-refractivity contribution < 1.29 is 36.6 Å². The van der Waals surface area contributed by atoms with Gasteiger partial charge in [-0.25, -0.2) is 8.78 Å². The zero-order valence-corrected chi connectivity index (χ0v) is 23.8. The van der Waals surface area contributed by atoms with E-state index in [1.54, 1.807) is 11.0 Å². The molecular weight excluding hydrogens is 571 g/mol. The van der Waals surface area contributed by atoms with Crippen LogP contribution in [-0.2, 0) is 11.3 Å². The molecule has 0 spiro atoms. The maximum Gasteiger partial charge on any atom is 0.390 e. The van der Waals surface area contributed by atoms with Gasteiger partial charge in [-0.3, -0.25) is 14.5 Å². The first kappa shape index (κ1) is 32.6. The number of aliphatic hydroxyl groups excluding tert-OH is 1. The van der Waals surface area contributed by atoms with Gasteiger partial charge in [-0.15, -0.1) is 0 Å². The topological polar surface area (TPSA) is 84.9 Å². The second kappa shape index (κ2) is 13.8. The third-order valence-electron chi connectivity index (χ3n) is 6.80. The quantitative estimate of drug-likeness (QED) is 0.318. The van der Waals surface area contributed by atoms with Crippen molar-refractivity contribution in [1.82, 2.24) is 10.2 Å². The van der Waals surface area contributed by atoms with E-state index in [1.807, 2.05) is 25.7 Å². The van der Waals surface area contributed by atoms with Crippen LogP contribution < -0.4 is 15.5 Å². The number of hydrogen-bond donors (Lipinski definition) is 3. The van der Waals surface area contributed by atoms with Crippen molar-refractivity contribution in [3.8, 4) is 0 Å². The van der Waals surface area contributed by atoms with E-state index >= 15 is 0 Å². The van der Waals surface area contributed by atoms with Crippen LogP contribution in [0, 0.1) is 17.6 Å². The van der Waals surface area contributed by atoms with E-state index in [0.717, 1.165) is 6.07 Å². The fourth-order valence-electron chi connectivity index (χ4n) is 4.67. The Labute approximate surface area is 240 Å². The number of rotatable bonds is 10. The monoisotopic (exact) mass is 604 g/mol. The van der Waals surface area contributed by atoms with E-state index < -0.39 is 47.7 Å². The highest BCUT2D eigenvalue weighted by Crippen LogP contribution is 2.33. The zero-order chi connectivity index (χ0) is 30.5. The summed E-state index contributed by atoms with van der Waals surface area (Å²) < 4.78 is 67.7. The fraction of sp³-hybridized carbons (Fsp3) is 0.500. The molecule has 1 aliphatic heterocycles. The molecule has 0 radical (unpaired) electrons. The normalized spacial score (nSPS) is 17.0. The first-order chi connectivity index (χ1) is 19.2. The molecule has 0 unspecified atom stereocenters. The molecule has 2 aromatic carbocycles. The Morgan fingerprint density at radius 3 is 2.46 bits per heavy atom. The number of nitrogens with zero attached hydrogens (tertiary/aromatic N) is 2. The number of piperazine rings is 1. The predicted octanol–water partition coefficient (Wildman–Crippen LogP) is 5.36. The molecule has 226 valence electrons. The molecule has 0 bridgehead atoms. The summed E-state index contributed by atoms with van der Waals surface area (Å²) in [4.78, 5) is 28.6. The van der Waals surface area contributed by atoms with Crippen molar-refractivity contribution in [2.45, 2.75) is 58.5 Å². The summed E-state index contributed by atoms with van der Waals surface area (Å²) >= 11 is 6.20. The molecule has 0 saturated carbocycles. The van der Waals surface area contributed by atoms with Gasteiger partial charge in [-0.1, -0.05) is 31.5 Å². The lowest BCUT2D eigenvalue weighted by molar-refractivity contribution is -0.138. The molecule has 3 N–H and O–H groups in total. The Bertz CT molecular complexity index is 1240. The number of nitrogens with one attached hydrogen (secondary N) is 2. The number of hydrogen-bond acceptors (Lipinski definition) is 5. The zero-order valence-electron chi connectivity index (χ0n) is 23.0. The minimum absolute atomic E-state index is 0.0555. The summed E-state index contributed by atoms with van der Waals surface area (Å²) in [5.74, 6) is -4.30. The molecule has 1 heterocycles. The van der Waals surface area contributed by atoms with Crippen LogP contribution in [0.15, 0.2) is 30.3 Å². The smallest absolute Gasteiger partial charge is 0.383 e. The molecule has 1 aliphatic rings. The molecule has 1 saturated heterocycles. The maximum absolute atomic E-state index is 14.9. The molecule has 0 aliphatic carbocycles. The number of carbonyl (C=O) groups excluding carboxylic acids is 2.